The van der Waals surface area contributed by atoms with Crippen molar-refractivity contribution in [3.63, 3.8) is 0 Å². The first kappa shape index (κ1) is 16.9. The van der Waals surface area contributed by atoms with E-state index in [1.807, 2.05) is 29.6 Å². The molecule has 1 fully saturated rings. The largest absolute Gasteiger partial charge is 0.352 e. The van der Waals surface area contributed by atoms with E-state index in [1.54, 1.807) is 6.20 Å². The van der Waals surface area contributed by atoms with Gasteiger partial charge in [0, 0.05) is 43.5 Å². The van der Waals surface area contributed by atoms with Crippen LogP contribution < -0.4 is 16.0 Å². The second-order valence-corrected chi connectivity index (χ2v) is 7.48. The third-order valence-electron chi connectivity index (χ3n) is 4.83. The Morgan fingerprint density at radius 3 is 2.88 bits per heavy atom. The van der Waals surface area contributed by atoms with Gasteiger partial charge < -0.3 is 16.0 Å². The van der Waals surface area contributed by atoms with Crippen molar-refractivity contribution >= 4 is 11.5 Å². The Kier molecular flexibility index (Phi) is 4.13. The third-order valence-corrected chi connectivity index (χ3v) is 4.83. The Morgan fingerprint density at radius 1 is 1.27 bits per heavy atom. The summed E-state index contributed by atoms with van der Waals surface area (Å²) >= 11 is 0. The molecular weight excluding hydrogens is 326 g/mol. The minimum absolute atomic E-state index is 0.0731. The van der Waals surface area contributed by atoms with E-state index in [0.717, 1.165) is 53.7 Å². The van der Waals surface area contributed by atoms with Gasteiger partial charge in [-0.15, -0.1) is 5.10 Å². The van der Waals surface area contributed by atoms with Crippen molar-refractivity contribution in [2.24, 2.45) is 5.73 Å². The highest BCUT2D eigenvalue weighted by Crippen LogP contribution is 2.26. The number of fused-ring (bicyclic) bond motifs is 1. The summed E-state index contributed by atoms with van der Waals surface area (Å²) in [6, 6.07) is 8.10. The van der Waals surface area contributed by atoms with E-state index in [-0.39, 0.29) is 5.54 Å². The topological polar surface area (TPSA) is 84.4 Å². The van der Waals surface area contributed by atoms with E-state index in [0.29, 0.717) is 6.54 Å². The molecule has 3 N–H and O–H groups in total. The molecule has 0 spiro atoms. The van der Waals surface area contributed by atoms with E-state index < -0.39 is 0 Å². The van der Waals surface area contributed by atoms with Crippen molar-refractivity contribution in [2.45, 2.75) is 32.9 Å². The van der Waals surface area contributed by atoms with E-state index in [1.165, 1.54) is 0 Å². The molecule has 26 heavy (non-hydrogen) atoms. The first-order valence-electron chi connectivity index (χ1n) is 8.98. The zero-order valence-electron chi connectivity index (χ0n) is 15.5. The number of aromatic nitrogens is 4. The van der Waals surface area contributed by atoms with Crippen molar-refractivity contribution in [3.05, 3.63) is 41.9 Å². The van der Waals surface area contributed by atoms with Gasteiger partial charge in [0.2, 0.25) is 0 Å². The van der Waals surface area contributed by atoms with Gasteiger partial charge in [0.05, 0.1) is 17.1 Å². The minimum Gasteiger partial charge on any atom is -0.352 e. The molecule has 0 radical (unpaired) electrons. The predicted octanol–water partition coefficient (Wildman–Crippen LogP) is 1.75. The molecule has 0 aliphatic carbocycles. The van der Waals surface area contributed by atoms with Crippen molar-refractivity contribution in [1.29, 1.82) is 0 Å². The number of nitrogens with two attached hydrogens (primary N) is 1. The number of aryl methyl sites for hydroxylation is 1. The lowest BCUT2D eigenvalue weighted by Gasteiger charge is -2.39. The lowest BCUT2D eigenvalue weighted by Crippen LogP contribution is -2.57. The molecule has 0 amide bonds. The number of pyridine rings is 1. The van der Waals surface area contributed by atoms with Crippen molar-refractivity contribution in [1.82, 2.24) is 24.9 Å². The summed E-state index contributed by atoms with van der Waals surface area (Å²) in [4.78, 5) is 11.3. The van der Waals surface area contributed by atoms with Gasteiger partial charge in [-0.1, -0.05) is 0 Å². The average Bonchev–Trinajstić information content (AvgIpc) is 2.95. The van der Waals surface area contributed by atoms with Crippen LogP contribution in [-0.4, -0.2) is 44.8 Å². The van der Waals surface area contributed by atoms with Crippen LogP contribution in [0.4, 0.5) is 5.82 Å². The molecule has 3 aromatic heterocycles. The van der Waals surface area contributed by atoms with Crippen LogP contribution in [0.5, 0.6) is 0 Å². The minimum atomic E-state index is 0.0731. The molecule has 0 bridgehead atoms. The smallest absolute Gasteiger partial charge is 0.154 e. The number of nitrogens with zero attached hydrogens (tertiary/aromatic N) is 5. The molecule has 1 saturated heterocycles. The number of hydrogen-bond donors (Lipinski definition) is 2. The molecule has 3 aromatic rings. The molecule has 0 saturated carbocycles. The van der Waals surface area contributed by atoms with Crippen molar-refractivity contribution in [3.8, 4) is 11.3 Å². The standard InChI is InChI=1S/C19H25N7/c1-13-18(14-6-7-21-15(10-14)11-20)26-16(23-13)4-5-17(24-26)25-9-8-22-19(2,3)12-25/h4-7,10,22H,8-9,11-12,20H2,1-3H3. The molecule has 1 aliphatic rings. The lowest BCUT2D eigenvalue weighted by atomic mass is 10.0. The van der Waals surface area contributed by atoms with Gasteiger partial charge >= 0.3 is 0 Å². The lowest BCUT2D eigenvalue weighted by molar-refractivity contribution is 0.351. The quantitative estimate of drug-likeness (QED) is 0.748. The number of hydrogen-bond acceptors (Lipinski definition) is 6. The Morgan fingerprint density at radius 2 is 2.12 bits per heavy atom. The molecule has 4 rings (SSSR count). The van der Waals surface area contributed by atoms with Crippen LogP contribution in [0.1, 0.15) is 25.2 Å². The molecule has 1 aliphatic heterocycles. The first-order valence-corrected chi connectivity index (χ1v) is 8.98. The summed E-state index contributed by atoms with van der Waals surface area (Å²) in [6.07, 6.45) is 1.79. The maximum absolute atomic E-state index is 5.76. The zero-order chi connectivity index (χ0) is 18.3. The van der Waals surface area contributed by atoms with Crippen molar-refractivity contribution in [2.75, 3.05) is 24.5 Å². The molecule has 0 unspecified atom stereocenters. The average molecular weight is 351 g/mol. The highest BCUT2D eigenvalue weighted by atomic mass is 15.4. The summed E-state index contributed by atoms with van der Waals surface area (Å²) in [5.74, 6) is 0.971. The number of rotatable bonds is 3. The van der Waals surface area contributed by atoms with Crippen LogP contribution in [-0.2, 0) is 6.54 Å². The van der Waals surface area contributed by atoms with E-state index in [9.17, 15) is 0 Å². The van der Waals surface area contributed by atoms with Crippen molar-refractivity contribution < 1.29 is 0 Å². The summed E-state index contributed by atoms with van der Waals surface area (Å²) in [5.41, 5.74) is 10.5. The Balaban J connectivity index is 1.80. The van der Waals surface area contributed by atoms with Crippen LogP contribution in [0.15, 0.2) is 30.5 Å². The first-order chi connectivity index (χ1) is 12.5. The maximum atomic E-state index is 5.76. The molecule has 136 valence electrons. The van der Waals surface area contributed by atoms with Crippen LogP contribution >= 0.6 is 0 Å². The highest BCUT2D eigenvalue weighted by molar-refractivity contribution is 5.67. The number of nitrogens with one attached hydrogen (secondary N) is 1. The van der Waals surface area contributed by atoms with E-state index in [4.69, 9.17) is 10.8 Å². The zero-order valence-corrected chi connectivity index (χ0v) is 15.5. The fraction of sp³-hybridized carbons (Fsp3) is 0.421. The Labute approximate surface area is 153 Å². The van der Waals surface area contributed by atoms with Gasteiger partial charge in [-0.3, -0.25) is 4.98 Å². The second-order valence-electron chi connectivity index (χ2n) is 7.48. The number of anilines is 1. The van der Waals surface area contributed by atoms with Gasteiger partial charge in [0.25, 0.3) is 0 Å². The molecule has 0 atom stereocenters. The van der Waals surface area contributed by atoms with E-state index in [2.05, 4.69) is 40.1 Å². The summed E-state index contributed by atoms with van der Waals surface area (Å²) in [6.45, 7) is 9.68. The highest BCUT2D eigenvalue weighted by Gasteiger charge is 2.27. The van der Waals surface area contributed by atoms with Crippen LogP contribution in [0.2, 0.25) is 0 Å². The molecule has 7 nitrogen and oxygen atoms in total. The van der Waals surface area contributed by atoms with Crippen LogP contribution in [0, 0.1) is 6.92 Å². The van der Waals surface area contributed by atoms with Gasteiger partial charge in [-0.2, -0.15) is 0 Å². The molecule has 0 aromatic carbocycles. The van der Waals surface area contributed by atoms with Gasteiger partial charge in [0.1, 0.15) is 5.82 Å². The predicted molar refractivity (Wildman–Crippen MR) is 103 cm³/mol. The molecule has 7 heteroatoms. The molecular formula is C19H25N7. The fourth-order valence-corrected chi connectivity index (χ4v) is 3.61. The SMILES string of the molecule is Cc1nc2ccc(N3CCNC(C)(C)C3)nn2c1-c1ccnc(CN)c1. The number of imidazole rings is 1. The normalized spacial score (nSPS) is 17.0. The number of piperazine rings is 1. The Bertz CT molecular complexity index is 944. The summed E-state index contributed by atoms with van der Waals surface area (Å²) < 4.78 is 1.94. The van der Waals surface area contributed by atoms with Crippen LogP contribution in [0.3, 0.4) is 0 Å². The van der Waals surface area contributed by atoms with Crippen LogP contribution in [0.25, 0.3) is 16.9 Å². The monoisotopic (exact) mass is 351 g/mol. The summed E-state index contributed by atoms with van der Waals surface area (Å²) in [7, 11) is 0. The molecule has 4 heterocycles. The Hall–Kier alpha value is -2.51. The van der Waals surface area contributed by atoms with Gasteiger partial charge in [-0.25, -0.2) is 9.50 Å². The maximum Gasteiger partial charge on any atom is 0.154 e. The summed E-state index contributed by atoms with van der Waals surface area (Å²) in [5, 5.41) is 8.46. The van der Waals surface area contributed by atoms with Gasteiger partial charge in [-0.05, 0) is 45.0 Å². The fourth-order valence-electron chi connectivity index (χ4n) is 3.61. The van der Waals surface area contributed by atoms with E-state index >= 15 is 0 Å². The third kappa shape index (κ3) is 3.04. The van der Waals surface area contributed by atoms with Gasteiger partial charge in [0.15, 0.2) is 5.65 Å². The second kappa shape index (κ2) is 6.34.